The number of carbonyl (C=O) groups is 1. The van der Waals surface area contributed by atoms with E-state index in [2.05, 4.69) is 12.2 Å². The van der Waals surface area contributed by atoms with Crippen LogP contribution in [0.5, 0.6) is 0 Å². The molecular weight excluding hydrogens is 280 g/mol. The third kappa shape index (κ3) is 3.91. The quantitative estimate of drug-likeness (QED) is 0.655. The first-order chi connectivity index (χ1) is 10.6. The largest absolute Gasteiger partial charge is 0.351 e. The van der Waals surface area contributed by atoms with E-state index in [0.29, 0.717) is 12.1 Å². The monoisotopic (exact) mass is 298 g/mol. The third-order valence-corrected chi connectivity index (χ3v) is 3.61. The van der Waals surface area contributed by atoms with E-state index in [1.165, 1.54) is 29.8 Å². The van der Waals surface area contributed by atoms with Gasteiger partial charge in [-0.3, -0.25) is 14.9 Å². The predicted octanol–water partition coefficient (Wildman–Crippen LogP) is 3.52. The lowest BCUT2D eigenvalue weighted by molar-refractivity contribution is -0.384. The van der Waals surface area contributed by atoms with Crippen molar-refractivity contribution in [3.05, 3.63) is 75.8 Å². The Morgan fingerprint density at radius 1 is 1.14 bits per heavy atom. The fourth-order valence-electron chi connectivity index (χ4n) is 2.28. The molecule has 0 aliphatic carbocycles. The van der Waals surface area contributed by atoms with E-state index >= 15 is 0 Å². The first-order valence-corrected chi connectivity index (χ1v) is 7.19. The summed E-state index contributed by atoms with van der Waals surface area (Å²) in [6.45, 7) is 2.62. The molecule has 2 aromatic rings. The number of nitrogens with one attached hydrogen (secondary N) is 1. The molecule has 1 atom stereocenters. The van der Waals surface area contributed by atoms with Gasteiger partial charge < -0.3 is 5.32 Å². The molecule has 0 heterocycles. The number of nitro groups is 1. The number of rotatable bonds is 6. The highest BCUT2D eigenvalue weighted by Crippen LogP contribution is 2.18. The van der Waals surface area contributed by atoms with E-state index in [1.807, 2.05) is 30.3 Å². The molecule has 0 aliphatic heterocycles. The molecule has 0 unspecified atom stereocenters. The van der Waals surface area contributed by atoms with Gasteiger partial charge in [-0.15, -0.1) is 0 Å². The number of hydrogen-bond acceptors (Lipinski definition) is 3. The van der Waals surface area contributed by atoms with Crippen molar-refractivity contribution in [1.82, 2.24) is 5.32 Å². The smallest absolute Gasteiger partial charge is 0.269 e. The summed E-state index contributed by atoms with van der Waals surface area (Å²) in [6, 6.07) is 15.6. The van der Waals surface area contributed by atoms with E-state index in [0.717, 1.165) is 6.42 Å². The third-order valence-electron chi connectivity index (χ3n) is 3.61. The standard InChI is InChI=1S/C17H18N2O3/c1-2-13(14-6-4-3-5-7-14)12-18-17(20)15-8-10-16(11-9-15)19(21)22/h3-11,13H,2,12H2,1H3,(H,18,20)/t13-/m0/s1. The zero-order chi connectivity index (χ0) is 15.9. The number of non-ortho nitro benzene ring substituents is 1. The van der Waals surface area contributed by atoms with Gasteiger partial charge in [0.1, 0.15) is 0 Å². The average molecular weight is 298 g/mol. The molecule has 22 heavy (non-hydrogen) atoms. The normalized spacial score (nSPS) is 11.7. The zero-order valence-electron chi connectivity index (χ0n) is 12.4. The van der Waals surface area contributed by atoms with Crippen LogP contribution in [0.2, 0.25) is 0 Å². The van der Waals surface area contributed by atoms with E-state index in [4.69, 9.17) is 0 Å². The maximum atomic E-state index is 12.1. The van der Waals surface area contributed by atoms with E-state index in [9.17, 15) is 14.9 Å². The molecule has 0 aromatic heterocycles. The molecule has 2 aromatic carbocycles. The van der Waals surface area contributed by atoms with Crippen LogP contribution in [0.4, 0.5) is 5.69 Å². The van der Waals surface area contributed by atoms with Crippen molar-refractivity contribution in [2.45, 2.75) is 19.3 Å². The van der Waals surface area contributed by atoms with Crippen LogP contribution in [0.15, 0.2) is 54.6 Å². The second kappa shape index (κ2) is 7.36. The van der Waals surface area contributed by atoms with Crippen LogP contribution in [0.25, 0.3) is 0 Å². The molecule has 0 aliphatic rings. The summed E-state index contributed by atoms with van der Waals surface area (Å²) < 4.78 is 0. The lowest BCUT2D eigenvalue weighted by Gasteiger charge is -2.16. The molecule has 5 nitrogen and oxygen atoms in total. The number of benzene rings is 2. The van der Waals surface area contributed by atoms with Gasteiger partial charge in [0.15, 0.2) is 0 Å². The minimum atomic E-state index is -0.482. The summed E-state index contributed by atoms with van der Waals surface area (Å²) in [6.07, 6.45) is 0.921. The highest BCUT2D eigenvalue weighted by molar-refractivity contribution is 5.94. The zero-order valence-corrected chi connectivity index (χ0v) is 12.4. The molecule has 1 amide bonds. The van der Waals surface area contributed by atoms with Crippen molar-refractivity contribution >= 4 is 11.6 Å². The Bertz CT molecular complexity index is 639. The number of carbonyl (C=O) groups excluding carboxylic acids is 1. The molecule has 0 saturated heterocycles. The first-order valence-electron chi connectivity index (χ1n) is 7.19. The molecule has 5 heteroatoms. The number of amides is 1. The average Bonchev–Trinajstić information content (AvgIpc) is 2.56. The summed E-state index contributed by atoms with van der Waals surface area (Å²) in [5.41, 5.74) is 1.59. The molecule has 2 rings (SSSR count). The van der Waals surface area contributed by atoms with E-state index in [1.54, 1.807) is 0 Å². The van der Waals surface area contributed by atoms with Crippen LogP contribution in [0.3, 0.4) is 0 Å². The maximum absolute atomic E-state index is 12.1. The molecule has 0 bridgehead atoms. The van der Waals surface area contributed by atoms with Gasteiger partial charge in [-0.1, -0.05) is 37.3 Å². The second-order valence-corrected chi connectivity index (χ2v) is 5.03. The molecule has 0 fully saturated rings. The Balaban J connectivity index is 1.98. The van der Waals surface area contributed by atoms with Crippen LogP contribution in [-0.2, 0) is 0 Å². The minimum absolute atomic E-state index is 0.0210. The van der Waals surface area contributed by atoms with Crippen molar-refractivity contribution in [1.29, 1.82) is 0 Å². The maximum Gasteiger partial charge on any atom is 0.269 e. The van der Waals surface area contributed by atoms with Crippen molar-refractivity contribution in [3.8, 4) is 0 Å². The minimum Gasteiger partial charge on any atom is -0.351 e. The van der Waals surface area contributed by atoms with Gasteiger partial charge in [-0.2, -0.15) is 0 Å². The van der Waals surface area contributed by atoms with Crippen LogP contribution in [0.1, 0.15) is 35.2 Å². The summed E-state index contributed by atoms with van der Waals surface area (Å²) in [5, 5.41) is 13.5. The van der Waals surface area contributed by atoms with Crippen LogP contribution in [0, 0.1) is 10.1 Å². The summed E-state index contributed by atoms with van der Waals surface area (Å²) in [7, 11) is 0. The summed E-state index contributed by atoms with van der Waals surface area (Å²) in [4.78, 5) is 22.2. The predicted molar refractivity (Wildman–Crippen MR) is 84.9 cm³/mol. The van der Waals surface area contributed by atoms with Crippen LogP contribution < -0.4 is 5.32 Å². The molecule has 0 spiro atoms. The van der Waals surface area contributed by atoms with Gasteiger partial charge in [0.25, 0.3) is 11.6 Å². The van der Waals surface area contributed by atoms with Crippen molar-refractivity contribution < 1.29 is 9.72 Å². The van der Waals surface area contributed by atoms with Crippen molar-refractivity contribution in [2.24, 2.45) is 0 Å². The number of nitro benzene ring substituents is 1. The van der Waals surface area contributed by atoms with E-state index in [-0.39, 0.29) is 17.5 Å². The Hall–Kier alpha value is -2.69. The van der Waals surface area contributed by atoms with Crippen LogP contribution >= 0.6 is 0 Å². The second-order valence-electron chi connectivity index (χ2n) is 5.03. The van der Waals surface area contributed by atoms with E-state index < -0.39 is 4.92 Å². The summed E-state index contributed by atoms with van der Waals surface area (Å²) in [5.74, 6) is 0.0347. The van der Waals surface area contributed by atoms with Gasteiger partial charge in [0.05, 0.1) is 4.92 Å². The fraction of sp³-hybridized carbons (Fsp3) is 0.235. The Morgan fingerprint density at radius 3 is 2.32 bits per heavy atom. The van der Waals surface area contributed by atoms with Crippen LogP contribution in [-0.4, -0.2) is 17.4 Å². The number of hydrogen-bond donors (Lipinski definition) is 1. The van der Waals surface area contributed by atoms with Gasteiger partial charge in [0, 0.05) is 30.2 Å². The molecule has 114 valence electrons. The lowest BCUT2D eigenvalue weighted by atomic mass is 9.96. The molecule has 0 radical (unpaired) electrons. The molecular formula is C17H18N2O3. The highest BCUT2D eigenvalue weighted by atomic mass is 16.6. The van der Waals surface area contributed by atoms with Crippen molar-refractivity contribution in [3.63, 3.8) is 0 Å². The lowest BCUT2D eigenvalue weighted by Crippen LogP contribution is -2.28. The van der Waals surface area contributed by atoms with Gasteiger partial charge in [0.2, 0.25) is 0 Å². The molecule has 1 N–H and O–H groups in total. The Morgan fingerprint density at radius 2 is 1.77 bits per heavy atom. The number of nitrogens with zero attached hydrogens (tertiary/aromatic N) is 1. The van der Waals surface area contributed by atoms with Gasteiger partial charge in [-0.25, -0.2) is 0 Å². The Kier molecular flexibility index (Phi) is 5.25. The van der Waals surface area contributed by atoms with Gasteiger partial charge in [-0.05, 0) is 24.1 Å². The first kappa shape index (κ1) is 15.7. The summed E-state index contributed by atoms with van der Waals surface area (Å²) >= 11 is 0. The topological polar surface area (TPSA) is 72.2 Å². The Labute approximate surface area is 129 Å². The molecule has 0 saturated carbocycles. The highest BCUT2D eigenvalue weighted by Gasteiger charge is 2.13. The SMILES string of the molecule is CC[C@@H](CNC(=O)c1ccc([N+](=O)[O-])cc1)c1ccccc1. The fourth-order valence-corrected chi connectivity index (χ4v) is 2.28. The van der Waals surface area contributed by atoms with Gasteiger partial charge >= 0.3 is 0 Å². The van der Waals surface area contributed by atoms with Crippen molar-refractivity contribution in [2.75, 3.05) is 6.54 Å².